The van der Waals surface area contributed by atoms with E-state index < -0.39 is 0 Å². The molecular formula is C14H13NO2. The van der Waals surface area contributed by atoms with Gasteiger partial charge in [-0.3, -0.25) is 4.79 Å². The Balaban J connectivity index is 2.44. The molecule has 0 bridgehead atoms. The van der Waals surface area contributed by atoms with Crippen LogP contribution >= 0.6 is 0 Å². The molecule has 1 amide bonds. The van der Waals surface area contributed by atoms with Gasteiger partial charge < -0.3 is 10.4 Å². The Bertz CT molecular complexity index is 575. The van der Waals surface area contributed by atoms with Crippen molar-refractivity contribution in [3.05, 3.63) is 49.1 Å². The molecule has 0 atom stereocenters. The molecule has 0 saturated carbocycles. The first kappa shape index (κ1) is 11.2. The summed E-state index contributed by atoms with van der Waals surface area (Å²) in [6, 6.07) is 10.7. The van der Waals surface area contributed by atoms with E-state index in [0.29, 0.717) is 5.69 Å². The van der Waals surface area contributed by atoms with E-state index in [9.17, 15) is 9.90 Å². The number of aromatic hydroxyl groups is 1. The van der Waals surface area contributed by atoms with Crippen LogP contribution in [0.15, 0.2) is 49.1 Å². The second-order valence-corrected chi connectivity index (χ2v) is 3.72. The normalized spacial score (nSPS) is 10.1. The zero-order valence-electron chi connectivity index (χ0n) is 9.31. The molecule has 3 heteroatoms. The van der Waals surface area contributed by atoms with Crippen molar-refractivity contribution >= 4 is 22.4 Å². The van der Waals surface area contributed by atoms with Crippen LogP contribution in [-0.2, 0) is 4.79 Å². The van der Waals surface area contributed by atoms with E-state index in [4.69, 9.17) is 0 Å². The Hall–Kier alpha value is -2.29. The van der Waals surface area contributed by atoms with Crippen LogP contribution in [0.25, 0.3) is 10.8 Å². The van der Waals surface area contributed by atoms with E-state index in [1.807, 2.05) is 18.2 Å². The fourth-order valence-corrected chi connectivity index (χ4v) is 1.73. The molecule has 17 heavy (non-hydrogen) atoms. The molecule has 2 aromatic carbocycles. The van der Waals surface area contributed by atoms with Crippen LogP contribution in [-0.4, -0.2) is 11.0 Å². The first-order valence-corrected chi connectivity index (χ1v) is 5.34. The van der Waals surface area contributed by atoms with Crippen molar-refractivity contribution in [2.24, 2.45) is 0 Å². The lowest BCUT2D eigenvalue weighted by Crippen LogP contribution is -2.10. The fraction of sp³-hybridized carbons (Fsp3) is 0.0714. The minimum absolute atomic E-state index is 0.115. The van der Waals surface area contributed by atoms with Crippen LogP contribution in [0, 0.1) is 0 Å². The van der Waals surface area contributed by atoms with E-state index in [0.717, 1.165) is 10.8 Å². The maximum absolute atomic E-state index is 11.5. The zero-order valence-corrected chi connectivity index (χ0v) is 9.31. The first-order valence-electron chi connectivity index (χ1n) is 5.34. The smallest absolute Gasteiger partial charge is 0.228 e. The van der Waals surface area contributed by atoms with E-state index in [1.54, 1.807) is 24.3 Å². The summed E-state index contributed by atoms with van der Waals surface area (Å²) in [7, 11) is 0. The van der Waals surface area contributed by atoms with E-state index in [2.05, 4.69) is 11.9 Å². The number of carbonyl (C=O) groups excluding carboxylic acids is 1. The highest BCUT2D eigenvalue weighted by Crippen LogP contribution is 2.29. The Morgan fingerprint density at radius 1 is 1.24 bits per heavy atom. The van der Waals surface area contributed by atoms with Gasteiger partial charge in [0.1, 0.15) is 5.75 Å². The highest BCUT2D eigenvalue weighted by molar-refractivity contribution is 6.04. The van der Waals surface area contributed by atoms with Crippen LogP contribution in [0.1, 0.15) is 6.42 Å². The van der Waals surface area contributed by atoms with E-state index >= 15 is 0 Å². The summed E-state index contributed by atoms with van der Waals surface area (Å²) < 4.78 is 0. The number of anilines is 1. The number of benzene rings is 2. The lowest BCUT2D eigenvalue weighted by atomic mass is 10.1. The molecule has 0 heterocycles. The van der Waals surface area contributed by atoms with Gasteiger partial charge in [-0.25, -0.2) is 0 Å². The molecule has 0 saturated heterocycles. The van der Waals surface area contributed by atoms with E-state index in [-0.39, 0.29) is 18.1 Å². The Labute approximate surface area is 99.4 Å². The average Bonchev–Trinajstić information content (AvgIpc) is 2.31. The largest absolute Gasteiger partial charge is 0.507 e. The second kappa shape index (κ2) is 4.70. The van der Waals surface area contributed by atoms with Gasteiger partial charge in [-0.2, -0.15) is 0 Å². The molecule has 0 aliphatic carbocycles. The zero-order chi connectivity index (χ0) is 12.3. The summed E-state index contributed by atoms with van der Waals surface area (Å²) in [5, 5.41) is 14.0. The third kappa shape index (κ3) is 2.28. The molecule has 0 aromatic heterocycles. The third-order valence-electron chi connectivity index (χ3n) is 2.50. The van der Waals surface area contributed by atoms with Gasteiger partial charge in [0.25, 0.3) is 0 Å². The monoisotopic (exact) mass is 227 g/mol. The summed E-state index contributed by atoms with van der Waals surface area (Å²) >= 11 is 0. The number of phenols is 1. The minimum atomic E-state index is -0.115. The number of hydrogen-bond acceptors (Lipinski definition) is 2. The molecule has 2 rings (SSSR count). The van der Waals surface area contributed by atoms with Crippen molar-refractivity contribution in [3.63, 3.8) is 0 Å². The molecule has 0 unspecified atom stereocenters. The van der Waals surface area contributed by atoms with Crippen molar-refractivity contribution in [2.45, 2.75) is 6.42 Å². The molecule has 0 spiro atoms. The van der Waals surface area contributed by atoms with Gasteiger partial charge in [-0.15, -0.1) is 6.58 Å². The van der Waals surface area contributed by atoms with Gasteiger partial charge in [0.15, 0.2) is 0 Å². The first-order chi connectivity index (χ1) is 8.22. The van der Waals surface area contributed by atoms with Gasteiger partial charge in [-0.1, -0.05) is 30.3 Å². The Morgan fingerprint density at radius 3 is 2.71 bits per heavy atom. The number of phenolic OH excluding ortho intramolecular Hbond substituents is 1. The van der Waals surface area contributed by atoms with Crippen LogP contribution in [0.2, 0.25) is 0 Å². The lowest BCUT2D eigenvalue weighted by molar-refractivity contribution is -0.115. The van der Waals surface area contributed by atoms with Crippen LogP contribution in [0.3, 0.4) is 0 Å². The SMILES string of the molecule is C=CCC(=O)Nc1cccc2c(O)cccc12. The van der Waals surface area contributed by atoms with Crippen molar-refractivity contribution in [1.82, 2.24) is 0 Å². The summed E-state index contributed by atoms with van der Waals surface area (Å²) in [6.45, 7) is 3.52. The second-order valence-electron chi connectivity index (χ2n) is 3.72. The van der Waals surface area contributed by atoms with Crippen molar-refractivity contribution in [2.75, 3.05) is 5.32 Å². The van der Waals surface area contributed by atoms with Crippen LogP contribution in [0.4, 0.5) is 5.69 Å². The molecule has 2 N–H and O–H groups in total. The molecule has 86 valence electrons. The number of amides is 1. The number of rotatable bonds is 3. The molecule has 2 aromatic rings. The fourth-order valence-electron chi connectivity index (χ4n) is 1.73. The van der Waals surface area contributed by atoms with Crippen molar-refractivity contribution in [1.29, 1.82) is 0 Å². The summed E-state index contributed by atoms with van der Waals surface area (Å²) in [5.41, 5.74) is 0.699. The van der Waals surface area contributed by atoms with Gasteiger partial charge in [-0.05, 0) is 12.1 Å². The quantitative estimate of drug-likeness (QED) is 0.792. The molecule has 0 aliphatic rings. The highest BCUT2D eigenvalue weighted by Gasteiger charge is 2.06. The number of carbonyl (C=O) groups is 1. The molecule has 3 nitrogen and oxygen atoms in total. The summed E-state index contributed by atoms with van der Waals surface area (Å²) in [6.07, 6.45) is 1.83. The summed E-state index contributed by atoms with van der Waals surface area (Å²) in [4.78, 5) is 11.5. The van der Waals surface area contributed by atoms with Crippen LogP contribution < -0.4 is 5.32 Å². The topological polar surface area (TPSA) is 49.3 Å². The third-order valence-corrected chi connectivity index (χ3v) is 2.50. The van der Waals surface area contributed by atoms with Crippen molar-refractivity contribution in [3.8, 4) is 5.75 Å². The maximum atomic E-state index is 11.5. The molecule has 0 radical (unpaired) electrons. The van der Waals surface area contributed by atoms with Gasteiger partial charge in [0.2, 0.25) is 5.91 Å². The highest BCUT2D eigenvalue weighted by atomic mass is 16.3. The molecule has 0 fully saturated rings. The minimum Gasteiger partial charge on any atom is -0.507 e. The predicted molar refractivity (Wildman–Crippen MR) is 69.1 cm³/mol. The van der Waals surface area contributed by atoms with Crippen LogP contribution in [0.5, 0.6) is 5.75 Å². The Morgan fingerprint density at radius 2 is 1.94 bits per heavy atom. The number of nitrogens with one attached hydrogen (secondary N) is 1. The van der Waals surface area contributed by atoms with Gasteiger partial charge in [0, 0.05) is 22.9 Å². The average molecular weight is 227 g/mol. The van der Waals surface area contributed by atoms with Crippen molar-refractivity contribution < 1.29 is 9.90 Å². The standard InChI is InChI=1S/C14H13NO2/c1-2-5-14(17)15-12-8-3-7-11-10(12)6-4-9-13(11)16/h2-4,6-9,16H,1,5H2,(H,15,17). The number of fused-ring (bicyclic) bond motifs is 1. The number of hydrogen-bond donors (Lipinski definition) is 2. The maximum Gasteiger partial charge on any atom is 0.228 e. The van der Waals surface area contributed by atoms with E-state index in [1.165, 1.54) is 0 Å². The molecular weight excluding hydrogens is 214 g/mol. The van der Waals surface area contributed by atoms with Gasteiger partial charge >= 0.3 is 0 Å². The van der Waals surface area contributed by atoms with Gasteiger partial charge in [0.05, 0.1) is 0 Å². The Kier molecular flexibility index (Phi) is 3.10. The lowest BCUT2D eigenvalue weighted by Gasteiger charge is -2.08. The molecule has 0 aliphatic heterocycles. The summed E-state index contributed by atoms with van der Waals surface area (Å²) in [5.74, 6) is 0.0955. The predicted octanol–water partition coefficient (Wildman–Crippen LogP) is 3.06.